The molecule has 2 aliphatic heterocycles. The lowest BCUT2D eigenvalue weighted by molar-refractivity contribution is -0.139. The molecule has 0 aromatic heterocycles. The Labute approximate surface area is 188 Å². The van der Waals surface area contributed by atoms with E-state index in [0.29, 0.717) is 17.4 Å². The van der Waals surface area contributed by atoms with Gasteiger partial charge < -0.3 is 14.5 Å². The summed E-state index contributed by atoms with van der Waals surface area (Å²) < 4.78 is 5.45. The van der Waals surface area contributed by atoms with Crippen LogP contribution in [0.4, 0.5) is 0 Å². The first kappa shape index (κ1) is 23.0. The Balaban J connectivity index is 1.15. The first-order valence-corrected chi connectivity index (χ1v) is 12.8. The van der Waals surface area contributed by atoms with E-state index < -0.39 is 0 Å². The molecule has 176 valence electrons. The molecule has 0 N–H and O–H groups in total. The van der Waals surface area contributed by atoms with E-state index in [2.05, 4.69) is 9.80 Å². The maximum Gasteiger partial charge on any atom is 0.225 e. The fraction of sp³-hybridized carbons (Fsp3) is 0.920. The number of nitrogens with zero attached hydrogens (tertiary/aromatic N) is 3. The van der Waals surface area contributed by atoms with Crippen molar-refractivity contribution < 1.29 is 14.3 Å². The summed E-state index contributed by atoms with van der Waals surface area (Å²) in [5.74, 6) is 1.67. The number of ether oxygens (including phenoxy) is 1. The predicted molar refractivity (Wildman–Crippen MR) is 122 cm³/mol. The van der Waals surface area contributed by atoms with Crippen molar-refractivity contribution in [2.24, 2.45) is 17.3 Å². The van der Waals surface area contributed by atoms with Crippen molar-refractivity contribution in [3.63, 3.8) is 0 Å². The van der Waals surface area contributed by atoms with Crippen molar-refractivity contribution in [3.8, 4) is 0 Å². The highest BCUT2D eigenvalue weighted by Crippen LogP contribution is 2.46. The summed E-state index contributed by atoms with van der Waals surface area (Å²) in [6.07, 6.45) is 12.2. The maximum absolute atomic E-state index is 12.9. The number of piperidine rings is 1. The largest absolute Gasteiger partial charge is 0.381 e. The highest BCUT2D eigenvalue weighted by atomic mass is 16.5. The number of hydrogen-bond acceptors (Lipinski definition) is 4. The second-order valence-corrected chi connectivity index (χ2v) is 10.8. The smallest absolute Gasteiger partial charge is 0.225 e. The number of carbonyl (C=O) groups excluding carboxylic acids is 2. The summed E-state index contributed by atoms with van der Waals surface area (Å²) in [5.41, 5.74) is 0.509. The molecule has 0 atom stereocenters. The molecular weight excluding hydrogens is 390 g/mol. The normalized spacial score (nSPS) is 30.5. The number of methoxy groups -OCH3 is 1. The molecule has 0 aromatic rings. The molecule has 2 heterocycles. The Bertz CT molecular complexity index is 606. The predicted octanol–water partition coefficient (Wildman–Crippen LogP) is 3.15. The van der Waals surface area contributed by atoms with Crippen molar-refractivity contribution in [2.45, 2.75) is 77.2 Å². The third-order valence-electron chi connectivity index (χ3n) is 8.99. The summed E-state index contributed by atoms with van der Waals surface area (Å²) in [5, 5.41) is 0. The van der Waals surface area contributed by atoms with Gasteiger partial charge in [0.25, 0.3) is 0 Å². The third-order valence-corrected chi connectivity index (χ3v) is 8.99. The number of likely N-dealkylation sites (tertiary alicyclic amines) is 1. The molecule has 0 unspecified atom stereocenters. The van der Waals surface area contributed by atoms with Crippen LogP contribution in [0.2, 0.25) is 0 Å². The van der Waals surface area contributed by atoms with Gasteiger partial charge in [-0.1, -0.05) is 0 Å². The monoisotopic (exact) mass is 433 g/mol. The first-order chi connectivity index (χ1) is 15.0. The zero-order chi connectivity index (χ0) is 21.8. The Morgan fingerprint density at radius 1 is 0.806 bits per heavy atom. The second kappa shape index (κ2) is 10.2. The Kier molecular flexibility index (Phi) is 7.58. The van der Waals surface area contributed by atoms with Gasteiger partial charge >= 0.3 is 0 Å². The highest BCUT2D eigenvalue weighted by Gasteiger charge is 2.39. The van der Waals surface area contributed by atoms with Crippen LogP contribution in [0.1, 0.15) is 71.1 Å². The van der Waals surface area contributed by atoms with Crippen LogP contribution in [0.15, 0.2) is 0 Å². The van der Waals surface area contributed by atoms with Gasteiger partial charge in [0.2, 0.25) is 11.8 Å². The number of rotatable bonds is 4. The minimum absolute atomic E-state index is 0.224. The lowest BCUT2D eigenvalue weighted by Crippen LogP contribution is -2.52. The molecule has 0 bridgehead atoms. The van der Waals surface area contributed by atoms with E-state index in [0.717, 1.165) is 70.9 Å². The molecule has 6 nitrogen and oxygen atoms in total. The van der Waals surface area contributed by atoms with E-state index in [1.165, 1.54) is 45.1 Å². The Morgan fingerprint density at radius 2 is 1.42 bits per heavy atom. The molecule has 4 fully saturated rings. The zero-order valence-corrected chi connectivity index (χ0v) is 19.8. The van der Waals surface area contributed by atoms with Crippen molar-refractivity contribution in [3.05, 3.63) is 0 Å². The van der Waals surface area contributed by atoms with Gasteiger partial charge in [0.1, 0.15) is 0 Å². The average molecular weight is 434 g/mol. The van der Waals surface area contributed by atoms with Crippen LogP contribution in [0.5, 0.6) is 0 Å². The molecule has 1 spiro atoms. The second-order valence-electron chi connectivity index (χ2n) is 10.8. The number of carbonyl (C=O) groups is 2. The van der Waals surface area contributed by atoms with Gasteiger partial charge in [-0.3, -0.25) is 14.5 Å². The molecule has 4 aliphatic rings. The van der Waals surface area contributed by atoms with Crippen molar-refractivity contribution >= 4 is 11.8 Å². The van der Waals surface area contributed by atoms with Crippen LogP contribution in [0, 0.1) is 17.3 Å². The average Bonchev–Trinajstić information content (AvgIpc) is 2.81. The summed E-state index contributed by atoms with van der Waals surface area (Å²) >= 11 is 0. The van der Waals surface area contributed by atoms with Crippen LogP contribution >= 0.6 is 0 Å². The van der Waals surface area contributed by atoms with Crippen molar-refractivity contribution in [1.82, 2.24) is 14.7 Å². The SMILES string of the molecule is CO[C@H]1CC[C@H](C(=O)N2CCN(CC3CCC4(CC3)CCN(C(C)=O)CC4)CC2)CC1. The van der Waals surface area contributed by atoms with E-state index in [4.69, 9.17) is 4.74 Å². The van der Waals surface area contributed by atoms with E-state index in [9.17, 15) is 9.59 Å². The van der Waals surface area contributed by atoms with Gasteiger partial charge in [0, 0.05) is 65.8 Å². The number of hydrogen-bond donors (Lipinski definition) is 0. The van der Waals surface area contributed by atoms with Gasteiger partial charge in [-0.05, 0) is 75.5 Å². The number of piperazine rings is 1. The van der Waals surface area contributed by atoms with Gasteiger partial charge in [0.15, 0.2) is 0 Å². The fourth-order valence-electron chi connectivity index (χ4n) is 6.59. The lowest BCUT2D eigenvalue weighted by atomic mass is 9.65. The maximum atomic E-state index is 12.9. The lowest BCUT2D eigenvalue weighted by Gasteiger charge is -2.47. The van der Waals surface area contributed by atoms with E-state index in [1.54, 1.807) is 14.0 Å². The van der Waals surface area contributed by atoms with Gasteiger partial charge in [-0.25, -0.2) is 0 Å². The highest BCUT2D eigenvalue weighted by molar-refractivity contribution is 5.79. The van der Waals surface area contributed by atoms with Crippen LogP contribution in [-0.2, 0) is 14.3 Å². The Morgan fingerprint density at radius 3 is 1.97 bits per heavy atom. The molecule has 6 heteroatoms. The topological polar surface area (TPSA) is 53.1 Å². The van der Waals surface area contributed by atoms with Crippen LogP contribution in [0.3, 0.4) is 0 Å². The molecule has 0 aromatic carbocycles. The van der Waals surface area contributed by atoms with Gasteiger partial charge in [-0.15, -0.1) is 0 Å². The standard InChI is InChI=1S/C25H43N3O3/c1-20(29)27-13-11-25(12-14-27)9-7-21(8-10-25)19-26-15-17-28(18-16-26)24(30)22-3-5-23(31-2)6-4-22/h21-23H,3-19H2,1-2H3/t22-,23-. The minimum atomic E-state index is 0.224. The fourth-order valence-corrected chi connectivity index (χ4v) is 6.59. The van der Waals surface area contributed by atoms with E-state index in [1.807, 2.05) is 4.90 Å². The minimum Gasteiger partial charge on any atom is -0.381 e. The number of amides is 2. The van der Waals surface area contributed by atoms with Crippen molar-refractivity contribution in [1.29, 1.82) is 0 Å². The van der Waals surface area contributed by atoms with Crippen LogP contribution in [0.25, 0.3) is 0 Å². The summed E-state index contributed by atoms with van der Waals surface area (Å²) in [4.78, 5) is 31.3. The third kappa shape index (κ3) is 5.62. The van der Waals surface area contributed by atoms with Crippen LogP contribution < -0.4 is 0 Å². The summed E-state index contributed by atoms with van der Waals surface area (Å²) in [6.45, 7) is 8.71. The molecule has 2 saturated heterocycles. The zero-order valence-electron chi connectivity index (χ0n) is 19.8. The molecule has 2 aliphatic carbocycles. The molecule has 2 saturated carbocycles. The van der Waals surface area contributed by atoms with E-state index in [-0.39, 0.29) is 11.8 Å². The molecule has 2 amide bonds. The molecular formula is C25H43N3O3. The van der Waals surface area contributed by atoms with Gasteiger partial charge in [-0.2, -0.15) is 0 Å². The van der Waals surface area contributed by atoms with Gasteiger partial charge in [0.05, 0.1) is 6.10 Å². The molecule has 31 heavy (non-hydrogen) atoms. The first-order valence-electron chi connectivity index (χ1n) is 12.8. The Hall–Kier alpha value is -1.14. The summed E-state index contributed by atoms with van der Waals surface area (Å²) in [6, 6.07) is 0. The summed E-state index contributed by atoms with van der Waals surface area (Å²) in [7, 11) is 1.79. The molecule has 0 radical (unpaired) electrons. The van der Waals surface area contributed by atoms with E-state index >= 15 is 0 Å². The molecule has 4 rings (SSSR count). The quantitative estimate of drug-likeness (QED) is 0.683. The van der Waals surface area contributed by atoms with Crippen LogP contribution in [-0.4, -0.2) is 85.5 Å². The van der Waals surface area contributed by atoms with Crippen molar-refractivity contribution in [2.75, 3.05) is 52.9 Å².